The fraction of sp³-hybridized carbons (Fsp3) is 0.280. The van der Waals surface area contributed by atoms with E-state index < -0.39 is 6.09 Å². The second-order valence-electron chi connectivity index (χ2n) is 8.86. The summed E-state index contributed by atoms with van der Waals surface area (Å²) in [7, 11) is 1.84. The van der Waals surface area contributed by atoms with Crippen molar-refractivity contribution in [3.8, 4) is 0 Å². The van der Waals surface area contributed by atoms with E-state index in [1.165, 1.54) is 21.6 Å². The van der Waals surface area contributed by atoms with Gasteiger partial charge in [0.2, 0.25) is 5.95 Å². The fourth-order valence-electron chi connectivity index (χ4n) is 4.65. The van der Waals surface area contributed by atoms with E-state index in [1.807, 2.05) is 36.2 Å². The highest BCUT2D eigenvalue weighted by molar-refractivity contribution is 6.40. The van der Waals surface area contributed by atoms with Crippen LogP contribution < -0.4 is 15.1 Å². The molecule has 0 atom stereocenters. The number of anilines is 4. The number of rotatable bonds is 4. The Balaban J connectivity index is 1.30. The number of nitrogens with zero attached hydrogens (tertiary/aromatic N) is 5. The van der Waals surface area contributed by atoms with Crippen molar-refractivity contribution in [2.45, 2.75) is 18.8 Å². The molecule has 0 aliphatic carbocycles. The number of benzene rings is 2. The molecule has 2 N–H and O–H groups in total. The van der Waals surface area contributed by atoms with E-state index >= 15 is 0 Å². The Morgan fingerprint density at radius 2 is 1.75 bits per heavy atom. The third kappa shape index (κ3) is 4.64. The van der Waals surface area contributed by atoms with Gasteiger partial charge in [-0.1, -0.05) is 41.4 Å². The molecule has 1 saturated heterocycles. The summed E-state index contributed by atoms with van der Waals surface area (Å²) >= 11 is 12.7. The number of fused-ring (bicyclic) bond motifs is 1. The van der Waals surface area contributed by atoms with Gasteiger partial charge in [0, 0.05) is 32.0 Å². The van der Waals surface area contributed by atoms with Crippen LogP contribution in [-0.4, -0.2) is 58.8 Å². The molecule has 0 saturated carbocycles. The molecule has 36 heavy (non-hydrogen) atoms. The second kappa shape index (κ2) is 9.83. The molecule has 2 aliphatic heterocycles. The largest absolute Gasteiger partial charge is 0.465 e. The fourth-order valence-corrected chi connectivity index (χ4v) is 5.26. The SMILES string of the molecule is CN1CN(c2c(Cl)cccc2Cl)C(=O)c2cnc(Nc3ccc(C4CCN(C(=O)O)CC4)cc3)nc21. The molecule has 1 fully saturated rings. The zero-order valence-electron chi connectivity index (χ0n) is 19.5. The van der Waals surface area contributed by atoms with Gasteiger partial charge in [-0.05, 0) is 48.6 Å². The maximum Gasteiger partial charge on any atom is 0.407 e. The number of hydrogen-bond donors (Lipinski definition) is 2. The number of halogens is 2. The third-order valence-corrected chi connectivity index (χ3v) is 7.18. The number of carboxylic acid groups (broad SMARTS) is 1. The lowest BCUT2D eigenvalue weighted by atomic mass is 9.89. The minimum Gasteiger partial charge on any atom is -0.465 e. The van der Waals surface area contributed by atoms with E-state index in [9.17, 15) is 9.59 Å². The van der Waals surface area contributed by atoms with Crippen molar-refractivity contribution in [2.24, 2.45) is 0 Å². The van der Waals surface area contributed by atoms with Gasteiger partial charge in [0.1, 0.15) is 11.4 Å². The van der Waals surface area contributed by atoms with Gasteiger partial charge in [-0.3, -0.25) is 9.69 Å². The summed E-state index contributed by atoms with van der Waals surface area (Å²) < 4.78 is 0. The topological polar surface area (TPSA) is 102 Å². The first-order chi connectivity index (χ1) is 17.3. The van der Waals surface area contributed by atoms with Crippen molar-refractivity contribution in [1.29, 1.82) is 0 Å². The van der Waals surface area contributed by atoms with Gasteiger partial charge in [-0.2, -0.15) is 4.98 Å². The lowest BCUT2D eigenvalue weighted by Gasteiger charge is -2.35. The molecule has 0 unspecified atom stereocenters. The molecular weight excluding hydrogens is 503 g/mol. The molecule has 2 aromatic carbocycles. The van der Waals surface area contributed by atoms with Gasteiger partial charge in [0.15, 0.2) is 0 Å². The highest BCUT2D eigenvalue weighted by Crippen LogP contribution is 2.37. The summed E-state index contributed by atoms with van der Waals surface area (Å²) in [6.07, 6.45) is 2.27. The maximum atomic E-state index is 13.2. The van der Waals surface area contributed by atoms with Gasteiger partial charge in [-0.25, -0.2) is 9.78 Å². The molecule has 3 heterocycles. The number of carbonyl (C=O) groups excluding carboxylic acids is 1. The first-order valence-corrected chi connectivity index (χ1v) is 12.3. The highest BCUT2D eigenvalue weighted by atomic mass is 35.5. The number of aromatic nitrogens is 2. The number of nitrogens with one attached hydrogen (secondary N) is 1. The van der Waals surface area contributed by atoms with Gasteiger partial charge >= 0.3 is 6.09 Å². The summed E-state index contributed by atoms with van der Waals surface area (Å²) in [5, 5.41) is 13.1. The molecule has 2 aliphatic rings. The Morgan fingerprint density at radius 1 is 1.08 bits per heavy atom. The van der Waals surface area contributed by atoms with Gasteiger partial charge in [0.25, 0.3) is 5.91 Å². The van der Waals surface area contributed by atoms with Crippen molar-refractivity contribution in [2.75, 3.05) is 41.9 Å². The van der Waals surface area contributed by atoms with Crippen LogP contribution in [0.2, 0.25) is 10.0 Å². The molecule has 0 bridgehead atoms. The zero-order valence-corrected chi connectivity index (χ0v) is 21.0. The first kappa shape index (κ1) is 24.1. The van der Waals surface area contributed by atoms with Crippen LogP contribution in [0.5, 0.6) is 0 Å². The molecule has 11 heteroatoms. The van der Waals surface area contributed by atoms with Crippen molar-refractivity contribution >= 4 is 58.3 Å². The van der Waals surface area contributed by atoms with E-state index in [2.05, 4.69) is 15.3 Å². The van der Waals surface area contributed by atoms with Crippen LogP contribution in [0, 0.1) is 0 Å². The molecule has 5 rings (SSSR count). The number of likely N-dealkylation sites (tertiary alicyclic amines) is 1. The average Bonchev–Trinajstić information content (AvgIpc) is 2.87. The maximum absolute atomic E-state index is 13.2. The van der Waals surface area contributed by atoms with Crippen LogP contribution in [0.1, 0.15) is 34.7 Å². The zero-order chi connectivity index (χ0) is 25.4. The molecule has 1 aromatic heterocycles. The van der Waals surface area contributed by atoms with Crippen LogP contribution in [0.4, 0.5) is 27.9 Å². The van der Waals surface area contributed by atoms with Crippen molar-refractivity contribution in [3.05, 3.63) is 69.8 Å². The van der Waals surface area contributed by atoms with E-state index in [4.69, 9.17) is 28.3 Å². The van der Waals surface area contributed by atoms with Crippen LogP contribution in [0.25, 0.3) is 0 Å². The predicted molar refractivity (Wildman–Crippen MR) is 140 cm³/mol. The Morgan fingerprint density at radius 3 is 2.39 bits per heavy atom. The van der Waals surface area contributed by atoms with E-state index in [1.54, 1.807) is 18.2 Å². The van der Waals surface area contributed by atoms with Crippen molar-refractivity contribution < 1.29 is 14.7 Å². The third-order valence-electron chi connectivity index (χ3n) is 6.57. The second-order valence-corrected chi connectivity index (χ2v) is 9.68. The lowest BCUT2D eigenvalue weighted by Crippen LogP contribution is -2.46. The standard InChI is InChI=1S/C25H24Cl2N6O3/c1-31-14-33(21-19(26)3-2-4-20(21)27)23(34)18-13-28-24(30-22(18)31)29-17-7-5-15(6-8-17)16-9-11-32(12-10-16)25(35)36/h2-8,13,16H,9-12,14H2,1H3,(H,35,36)(H,28,29,30). The summed E-state index contributed by atoms with van der Waals surface area (Å²) in [6, 6.07) is 13.1. The van der Waals surface area contributed by atoms with E-state index in [-0.39, 0.29) is 12.6 Å². The number of hydrogen-bond acceptors (Lipinski definition) is 6. The summed E-state index contributed by atoms with van der Waals surface area (Å²) in [6.45, 7) is 1.34. The number of amides is 2. The summed E-state index contributed by atoms with van der Waals surface area (Å²) in [5.74, 6) is 0.950. The molecule has 0 radical (unpaired) electrons. The quantitative estimate of drug-likeness (QED) is 0.466. The van der Waals surface area contributed by atoms with Gasteiger partial charge in [0.05, 0.1) is 22.4 Å². The minimum absolute atomic E-state index is 0.237. The molecular formula is C25H24Cl2N6O3. The van der Waals surface area contributed by atoms with Crippen LogP contribution in [-0.2, 0) is 0 Å². The van der Waals surface area contributed by atoms with Gasteiger partial charge in [-0.15, -0.1) is 0 Å². The lowest BCUT2D eigenvalue weighted by molar-refractivity contribution is 0.0981. The van der Waals surface area contributed by atoms with E-state index in [0.29, 0.717) is 52.1 Å². The number of piperidine rings is 1. The van der Waals surface area contributed by atoms with Crippen LogP contribution in [0.15, 0.2) is 48.7 Å². The normalized spacial score (nSPS) is 16.2. The average molecular weight is 527 g/mol. The molecule has 0 spiro atoms. The van der Waals surface area contributed by atoms with Crippen molar-refractivity contribution in [3.63, 3.8) is 0 Å². The highest BCUT2D eigenvalue weighted by Gasteiger charge is 2.32. The van der Waals surface area contributed by atoms with Crippen LogP contribution in [0.3, 0.4) is 0 Å². The monoisotopic (exact) mass is 526 g/mol. The van der Waals surface area contributed by atoms with Crippen LogP contribution >= 0.6 is 23.2 Å². The number of carbonyl (C=O) groups is 2. The Bertz CT molecular complexity index is 1290. The minimum atomic E-state index is -0.856. The summed E-state index contributed by atoms with van der Waals surface area (Å²) in [5.41, 5.74) is 2.81. The smallest absolute Gasteiger partial charge is 0.407 e. The predicted octanol–water partition coefficient (Wildman–Crippen LogP) is 5.44. The Labute approximate surface area is 218 Å². The Hall–Kier alpha value is -3.56. The molecule has 3 aromatic rings. The Kier molecular flexibility index (Phi) is 6.59. The summed E-state index contributed by atoms with van der Waals surface area (Å²) in [4.78, 5) is 38.1. The number of para-hydroxylation sites is 1. The molecule has 9 nitrogen and oxygen atoms in total. The van der Waals surface area contributed by atoms with Gasteiger partial charge < -0.3 is 20.2 Å². The first-order valence-electron chi connectivity index (χ1n) is 11.5. The molecule has 186 valence electrons. The van der Waals surface area contributed by atoms with E-state index in [0.717, 1.165) is 18.5 Å². The van der Waals surface area contributed by atoms with Crippen molar-refractivity contribution in [1.82, 2.24) is 14.9 Å². The molecule has 2 amide bonds.